The molecular formula is C11H17N3O2. The van der Waals surface area contributed by atoms with Gasteiger partial charge >= 0.3 is 0 Å². The minimum Gasteiger partial charge on any atom is -0.479 e. The fraction of sp³-hybridized carbons (Fsp3) is 0.545. The molecule has 5 nitrogen and oxygen atoms in total. The highest BCUT2D eigenvalue weighted by atomic mass is 16.5. The topological polar surface area (TPSA) is 64.1 Å². The third kappa shape index (κ3) is 3.27. The maximum Gasteiger partial charge on any atom is 0.243 e. The number of hydrogen-bond donors (Lipinski definition) is 1. The Hall–Kier alpha value is -1.49. The predicted octanol–water partition coefficient (Wildman–Crippen LogP) is 1.06. The van der Waals surface area contributed by atoms with Gasteiger partial charge in [0.1, 0.15) is 0 Å². The third-order valence-electron chi connectivity index (χ3n) is 2.17. The molecule has 0 spiro atoms. The molecule has 1 heterocycles. The quantitative estimate of drug-likeness (QED) is 0.730. The lowest BCUT2D eigenvalue weighted by molar-refractivity contribution is 0.0963. The van der Waals surface area contributed by atoms with Crippen molar-refractivity contribution >= 4 is 5.78 Å². The molecule has 0 saturated carbocycles. The van der Waals surface area contributed by atoms with Gasteiger partial charge in [0.25, 0.3) is 0 Å². The lowest BCUT2D eigenvalue weighted by atomic mass is 10.1. The lowest BCUT2D eigenvalue weighted by Crippen LogP contribution is -2.28. The fourth-order valence-electron chi connectivity index (χ4n) is 1.46. The molecule has 5 heteroatoms. The summed E-state index contributed by atoms with van der Waals surface area (Å²) in [7, 11) is 1.48. The van der Waals surface area contributed by atoms with Crippen LogP contribution in [0.3, 0.4) is 0 Å². The summed E-state index contributed by atoms with van der Waals surface area (Å²) in [5, 5.41) is 3.17. The first-order valence-corrected chi connectivity index (χ1v) is 5.30. The van der Waals surface area contributed by atoms with Crippen molar-refractivity contribution in [2.45, 2.75) is 26.3 Å². The van der Waals surface area contributed by atoms with E-state index in [1.807, 2.05) is 13.8 Å². The first kappa shape index (κ1) is 12.6. The number of nitrogens with one attached hydrogen (secondary N) is 1. The second-order valence-electron chi connectivity index (χ2n) is 3.50. The van der Waals surface area contributed by atoms with E-state index in [1.165, 1.54) is 19.5 Å². The summed E-state index contributed by atoms with van der Waals surface area (Å²) in [6, 6.07) is 0.129. The van der Waals surface area contributed by atoms with E-state index >= 15 is 0 Å². The molecular weight excluding hydrogens is 206 g/mol. The van der Waals surface area contributed by atoms with Crippen LogP contribution in [0, 0.1) is 0 Å². The van der Waals surface area contributed by atoms with Gasteiger partial charge in [0.05, 0.1) is 7.11 Å². The molecule has 0 aliphatic rings. The van der Waals surface area contributed by atoms with Crippen molar-refractivity contribution in [3.8, 4) is 5.88 Å². The van der Waals surface area contributed by atoms with E-state index in [0.29, 0.717) is 12.1 Å². The molecule has 0 aromatic carbocycles. The van der Waals surface area contributed by atoms with E-state index in [1.54, 1.807) is 0 Å². The Balaban J connectivity index is 2.72. The van der Waals surface area contributed by atoms with Crippen molar-refractivity contribution in [2.24, 2.45) is 0 Å². The summed E-state index contributed by atoms with van der Waals surface area (Å²) >= 11 is 0. The van der Waals surface area contributed by atoms with Gasteiger partial charge in [0.15, 0.2) is 11.5 Å². The number of ketones is 1. The van der Waals surface area contributed by atoms with Gasteiger partial charge in [-0.25, -0.2) is 9.97 Å². The minimum absolute atomic E-state index is 0.0570. The van der Waals surface area contributed by atoms with Gasteiger partial charge in [0.2, 0.25) is 5.88 Å². The summed E-state index contributed by atoms with van der Waals surface area (Å²) in [5.41, 5.74) is 0.301. The molecule has 1 atom stereocenters. The minimum atomic E-state index is -0.0570. The molecule has 1 unspecified atom stereocenters. The molecule has 88 valence electrons. The Morgan fingerprint density at radius 3 is 2.81 bits per heavy atom. The van der Waals surface area contributed by atoms with E-state index < -0.39 is 0 Å². The van der Waals surface area contributed by atoms with Gasteiger partial charge in [-0.3, -0.25) is 4.79 Å². The van der Waals surface area contributed by atoms with E-state index in [9.17, 15) is 4.79 Å². The summed E-state index contributed by atoms with van der Waals surface area (Å²) in [5.74, 6) is 0.231. The van der Waals surface area contributed by atoms with Crippen LogP contribution in [0.2, 0.25) is 0 Å². The Kier molecular flexibility index (Phi) is 4.85. The fourth-order valence-corrected chi connectivity index (χ4v) is 1.46. The lowest BCUT2D eigenvalue weighted by Gasteiger charge is -2.11. The second-order valence-corrected chi connectivity index (χ2v) is 3.50. The van der Waals surface area contributed by atoms with Crippen molar-refractivity contribution in [1.29, 1.82) is 0 Å². The zero-order valence-electron chi connectivity index (χ0n) is 9.86. The Labute approximate surface area is 95.3 Å². The van der Waals surface area contributed by atoms with Crippen LogP contribution in [0.15, 0.2) is 12.4 Å². The van der Waals surface area contributed by atoms with Crippen molar-refractivity contribution in [3.05, 3.63) is 18.1 Å². The number of aromatic nitrogens is 2. The number of rotatable bonds is 6. The number of hydrogen-bond acceptors (Lipinski definition) is 5. The average molecular weight is 223 g/mol. The molecule has 0 saturated heterocycles. The van der Waals surface area contributed by atoms with E-state index in [2.05, 4.69) is 15.3 Å². The number of ether oxygens (including phenoxy) is 1. The molecule has 0 fully saturated rings. The number of methoxy groups -OCH3 is 1. The first-order chi connectivity index (χ1) is 7.69. The van der Waals surface area contributed by atoms with Crippen molar-refractivity contribution in [3.63, 3.8) is 0 Å². The highest BCUT2D eigenvalue weighted by molar-refractivity contribution is 5.96. The number of carbonyl (C=O) groups is 1. The predicted molar refractivity (Wildman–Crippen MR) is 60.7 cm³/mol. The molecule has 0 aliphatic carbocycles. The van der Waals surface area contributed by atoms with Crippen LogP contribution < -0.4 is 10.1 Å². The van der Waals surface area contributed by atoms with Crippen LogP contribution >= 0.6 is 0 Å². The molecule has 0 aliphatic heterocycles. The molecule has 16 heavy (non-hydrogen) atoms. The number of carbonyl (C=O) groups excluding carboxylic acids is 1. The summed E-state index contributed by atoms with van der Waals surface area (Å²) in [6.07, 6.45) is 3.39. The van der Waals surface area contributed by atoms with Gasteiger partial charge in [-0.05, 0) is 13.5 Å². The molecule has 0 radical (unpaired) electrons. The molecule has 1 N–H and O–H groups in total. The van der Waals surface area contributed by atoms with Crippen molar-refractivity contribution in [2.75, 3.05) is 13.7 Å². The van der Waals surface area contributed by atoms with Crippen LogP contribution in [0.4, 0.5) is 0 Å². The van der Waals surface area contributed by atoms with Crippen LogP contribution in [0.25, 0.3) is 0 Å². The van der Waals surface area contributed by atoms with Crippen LogP contribution in [-0.4, -0.2) is 35.4 Å². The SMILES string of the molecule is CCNC(C)CC(=O)c1nccnc1OC. The standard InChI is InChI=1S/C11H17N3O2/c1-4-12-8(2)7-9(15)10-11(16-3)14-6-5-13-10/h5-6,8,12H,4,7H2,1-3H3. The summed E-state index contributed by atoms with van der Waals surface area (Å²) in [6.45, 7) is 4.81. The molecule has 0 amide bonds. The maximum absolute atomic E-state index is 11.9. The van der Waals surface area contributed by atoms with Gasteiger partial charge in [-0.1, -0.05) is 6.92 Å². The molecule has 1 aromatic rings. The van der Waals surface area contributed by atoms with Gasteiger partial charge in [-0.2, -0.15) is 0 Å². The summed E-state index contributed by atoms with van der Waals surface area (Å²) < 4.78 is 4.99. The molecule has 1 rings (SSSR count). The maximum atomic E-state index is 11.9. The highest BCUT2D eigenvalue weighted by Crippen LogP contribution is 2.13. The van der Waals surface area contributed by atoms with Crippen molar-refractivity contribution < 1.29 is 9.53 Å². The average Bonchev–Trinajstić information content (AvgIpc) is 2.29. The zero-order chi connectivity index (χ0) is 12.0. The van der Waals surface area contributed by atoms with Gasteiger partial charge in [0, 0.05) is 24.9 Å². The Morgan fingerprint density at radius 1 is 1.50 bits per heavy atom. The zero-order valence-corrected chi connectivity index (χ0v) is 9.86. The van der Waals surface area contributed by atoms with Gasteiger partial charge < -0.3 is 10.1 Å². The smallest absolute Gasteiger partial charge is 0.243 e. The van der Waals surface area contributed by atoms with E-state index in [-0.39, 0.29) is 17.7 Å². The Bertz CT molecular complexity index is 355. The Morgan fingerprint density at radius 2 is 2.19 bits per heavy atom. The van der Waals surface area contributed by atoms with Crippen molar-refractivity contribution in [1.82, 2.24) is 15.3 Å². The highest BCUT2D eigenvalue weighted by Gasteiger charge is 2.16. The monoisotopic (exact) mass is 223 g/mol. The summed E-state index contributed by atoms with van der Waals surface area (Å²) in [4.78, 5) is 19.8. The van der Waals surface area contributed by atoms with Gasteiger partial charge in [-0.15, -0.1) is 0 Å². The van der Waals surface area contributed by atoms with E-state index in [4.69, 9.17) is 4.74 Å². The number of Topliss-reactive ketones (excluding diaryl/α,β-unsaturated/α-hetero) is 1. The van der Waals surface area contributed by atoms with E-state index in [0.717, 1.165) is 6.54 Å². The third-order valence-corrected chi connectivity index (χ3v) is 2.17. The van der Waals surface area contributed by atoms with Crippen LogP contribution in [-0.2, 0) is 0 Å². The molecule has 1 aromatic heterocycles. The first-order valence-electron chi connectivity index (χ1n) is 5.30. The second kappa shape index (κ2) is 6.17. The normalized spacial score (nSPS) is 12.2. The molecule has 0 bridgehead atoms. The van der Waals surface area contributed by atoms with Crippen LogP contribution in [0.5, 0.6) is 5.88 Å². The largest absolute Gasteiger partial charge is 0.479 e. The number of nitrogens with zero attached hydrogens (tertiary/aromatic N) is 2. The van der Waals surface area contributed by atoms with Crippen LogP contribution in [0.1, 0.15) is 30.8 Å².